The molecular weight excluding hydrogens is 336 g/mol. The van der Waals surface area contributed by atoms with E-state index >= 15 is 0 Å². The van der Waals surface area contributed by atoms with E-state index in [1.807, 2.05) is 0 Å². The van der Waals surface area contributed by atoms with Gasteiger partial charge in [0, 0.05) is 24.0 Å². The Labute approximate surface area is 148 Å². The van der Waals surface area contributed by atoms with Crippen molar-refractivity contribution in [3.8, 4) is 11.5 Å². The van der Waals surface area contributed by atoms with E-state index in [0.29, 0.717) is 22.9 Å². The van der Waals surface area contributed by atoms with Crippen LogP contribution in [0.2, 0.25) is 0 Å². The van der Waals surface area contributed by atoms with Crippen LogP contribution in [-0.2, 0) is 0 Å². The standard InChI is InChI=1S/C18H14N4O4/c23-18(21-14-2-1-11-19-12-14)20-13-3-7-16(8-4-13)26-17-9-5-15(6-10-17)22(24)25/h1-12H,(H2,20,21,23). The third-order valence-electron chi connectivity index (χ3n) is 3.31. The van der Waals surface area contributed by atoms with E-state index in [1.165, 1.54) is 24.3 Å². The smallest absolute Gasteiger partial charge is 0.323 e. The SMILES string of the molecule is O=C(Nc1ccc(Oc2ccc([N+](=O)[O-])cc2)cc1)Nc1cccnc1. The molecule has 2 N–H and O–H groups in total. The maximum absolute atomic E-state index is 11.9. The highest BCUT2D eigenvalue weighted by atomic mass is 16.6. The number of ether oxygens (including phenoxy) is 1. The van der Waals surface area contributed by atoms with E-state index in [4.69, 9.17) is 4.74 Å². The number of nitrogens with one attached hydrogen (secondary N) is 2. The Kier molecular flexibility index (Phi) is 5.04. The number of benzene rings is 2. The molecule has 26 heavy (non-hydrogen) atoms. The normalized spacial score (nSPS) is 10.0. The maximum Gasteiger partial charge on any atom is 0.323 e. The van der Waals surface area contributed by atoms with E-state index in [-0.39, 0.29) is 11.7 Å². The zero-order valence-corrected chi connectivity index (χ0v) is 13.5. The van der Waals surface area contributed by atoms with Crippen LogP contribution in [0.3, 0.4) is 0 Å². The van der Waals surface area contributed by atoms with Gasteiger partial charge in [-0.15, -0.1) is 0 Å². The van der Waals surface area contributed by atoms with Crippen molar-refractivity contribution in [3.63, 3.8) is 0 Å². The summed E-state index contributed by atoms with van der Waals surface area (Å²) in [6, 6.07) is 15.6. The van der Waals surface area contributed by atoms with Gasteiger partial charge in [0.1, 0.15) is 11.5 Å². The Hall–Kier alpha value is -3.94. The Morgan fingerprint density at radius 3 is 2.12 bits per heavy atom. The number of carbonyl (C=O) groups excluding carboxylic acids is 1. The summed E-state index contributed by atoms with van der Waals surface area (Å²) < 4.78 is 5.61. The summed E-state index contributed by atoms with van der Waals surface area (Å²) >= 11 is 0. The quantitative estimate of drug-likeness (QED) is 0.523. The molecule has 0 radical (unpaired) electrons. The molecule has 1 aromatic heterocycles. The van der Waals surface area contributed by atoms with Crippen LogP contribution in [0.15, 0.2) is 73.1 Å². The van der Waals surface area contributed by atoms with E-state index in [1.54, 1.807) is 48.8 Å². The third-order valence-corrected chi connectivity index (χ3v) is 3.31. The van der Waals surface area contributed by atoms with Crippen LogP contribution in [0.25, 0.3) is 0 Å². The number of hydrogen-bond acceptors (Lipinski definition) is 5. The molecule has 0 bridgehead atoms. The fourth-order valence-corrected chi connectivity index (χ4v) is 2.11. The number of rotatable bonds is 5. The van der Waals surface area contributed by atoms with Crippen LogP contribution in [-0.4, -0.2) is 15.9 Å². The number of pyridine rings is 1. The molecule has 0 aliphatic rings. The minimum Gasteiger partial charge on any atom is -0.457 e. The lowest BCUT2D eigenvalue weighted by Gasteiger charge is -2.09. The van der Waals surface area contributed by atoms with Crippen LogP contribution >= 0.6 is 0 Å². The summed E-state index contributed by atoms with van der Waals surface area (Å²) in [6.07, 6.45) is 3.16. The molecule has 3 rings (SSSR count). The van der Waals surface area contributed by atoms with Crippen LogP contribution in [0.1, 0.15) is 0 Å². The third kappa shape index (κ3) is 4.54. The van der Waals surface area contributed by atoms with Crippen molar-refractivity contribution in [1.82, 2.24) is 4.98 Å². The van der Waals surface area contributed by atoms with Gasteiger partial charge in [-0.1, -0.05) is 0 Å². The van der Waals surface area contributed by atoms with E-state index < -0.39 is 4.92 Å². The molecule has 0 fully saturated rings. The summed E-state index contributed by atoms with van der Waals surface area (Å²) in [4.78, 5) is 26.0. The van der Waals surface area contributed by atoms with Gasteiger partial charge in [0.25, 0.3) is 5.69 Å². The lowest BCUT2D eigenvalue weighted by molar-refractivity contribution is -0.384. The van der Waals surface area contributed by atoms with Gasteiger partial charge in [-0.05, 0) is 48.5 Å². The molecule has 0 saturated heterocycles. The summed E-state index contributed by atoms with van der Waals surface area (Å²) in [5.74, 6) is 1.02. The number of hydrogen-bond donors (Lipinski definition) is 2. The predicted molar refractivity (Wildman–Crippen MR) is 96.5 cm³/mol. The molecule has 0 unspecified atom stereocenters. The fourth-order valence-electron chi connectivity index (χ4n) is 2.11. The Bertz CT molecular complexity index is 897. The molecule has 1 heterocycles. The monoisotopic (exact) mass is 350 g/mol. The summed E-state index contributed by atoms with van der Waals surface area (Å²) in [6.45, 7) is 0. The van der Waals surface area contributed by atoms with E-state index in [9.17, 15) is 14.9 Å². The van der Waals surface area contributed by atoms with Crippen molar-refractivity contribution in [2.24, 2.45) is 0 Å². The summed E-state index contributed by atoms with van der Waals surface area (Å²) in [5.41, 5.74) is 1.17. The molecule has 2 amide bonds. The minimum absolute atomic E-state index is 0.00322. The Morgan fingerprint density at radius 2 is 1.54 bits per heavy atom. The molecule has 8 heteroatoms. The minimum atomic E-state index is -0.471. The first kappa shape index (κ1) is 16.9. The number of aromatic nitrogens is 1. The zero-order valence-electron chi connectivity index (χ0n) is 13.5. The van der Waals surface area contributed by atoms with Crippen molar-refractivity contribution >= 4 is 23.1 Å². The van der Waals surface area contributed by atoms with Crippen LogP contribution in [0, 0.1) is 10.1 Å². The van der Waals surface area contributed by atoms with Gasteiger partial charge >= 0.3 is 6.03 Å². The molecule has 0 spiro atoms. The van der Waals surface area contributed by atoms with Gasteiger partial charge in [-0.2, -0.15) is 0 Å². The molecule has 0 saturated carbocycles. The first-order chi connectivity index (χ1) is 12.6. The van der Waals surface area contributed by atoms with Crippen molar-refractivity contribution < 1.29 is 14.5 Å². The lowest BCUT2D eigenvalue weighted by atomic mass is 10.3. The van der Waals surface area contributed by atoms with Gasteiger partial charge in [0.05, 0.1) is 16.8 Å². The number of non-ortho nitro benzene ring substituents is 1. The highest BCUT2D eigenvalue weighted by Gasteiger charge is 2.06. The number of carbonyl (C=O) groups is 1. The number of nitro benzene ring substituents is 1. The summed E-state index contributed by atoms with van der Waals surface area (Å²) in [5, 5.41) is 16.0. The summed E-state index contributed by atoms with van der Waals surface area (Å²) in [7, 11) is 0. The number of nitrogens with zero attached hydrogens (tertiary/aromatic N) is 2. The molecule has 3 aromatic rings. The zero-order chi connectivity index (χ0) is 18.4. The maximum atomic E-state index is 11.9. The van der Waals surface area contributed by atoms with Crippen LogP contribution < -0.4 is 15.4 Å². The van der Waals surface area contributed by atoms with Crippen LogP contribution in [0.4, 0.5) is 21.9 Å². The van der Waals surface area contributed by atoms with Gasteiger partial charge in [0.15, 0.2) is 0 Å². The highest BCUT2D eigenvalue weighted by Crippen LogP contribution is 2.25. The fraction of sp³-hybridized carbons (Fsp3) is 0. The molecule has 8 nitrogen and oxygen atoms in total. The van der Waals surface area contributed by atoms with Crippen molar-refractivity contribution in [2.45, 2.75) is 0 Å². The Morgan fingerprint density at radius 1 is 0.923 bits per heavy atom. The lowest BCUT2D eigenvalue weighted by Crippen LogP contribution is -2.19. The number of anilines is 2. The number of amides is 2. The molecule has 0 aliphatic carbocycles. The molecular formula is C18H14N4O4. The average Bonchev–Trinajstić information content (AvgIpc) is 2.64. The second-order valence-corrected chi connectivity index (χ2v) is 5.20. The molecule has 130 valence electrons. The van der Waals surface area contributed by atoms with Crippen LogP contribution in [0.5, 0.6) is 11.5 Å². The largest absolute Gasteiger partial charge is 0.457 e. The van der Waals surface area contributed by atoms with Gasteiger partial charge in [0.2, 0.25) is 0 Å². The molecule has 2 aromatic carbocycles. The molecule has 0 aliphatic heterocycles. The Balaban J connectivity index is 1.57. The molecule has 0 atom stereocenters. The van der Waals surface area contributed by atoms with Crippen molar-refractivity contribution in [2.75, 3.05) is 10.6 Å². The van der Waals surface area contributed by atoms with Gasteiger partial charge < -0.3 is 15.4 Å². The number of urea groups is 1. The van der Waals surface area contributed by atoms with Crippen molar-refractivity contribution in [3.05, 3.63) is 83.2 Å². The average molecular weight is 350 g/mol. The van der Waals surface area contributed by atoms with E-state index in [0.717, 1.165) is 0 Å². The first-order valence-electron chi connectivity index (χ1n) is 7.60. The van der Waals surface area contributed by atoms with E-state index in [2.05, 4.69) is 15.6 Å². The van der Waals surface area contributed by atoms with Gasteiger partial charge in [-0.3, -0.25) is 15.1 Å². The first-order valence-corrected chi connectivity index (χ1v) is 7.60. The van der Waals surface area contributed by atoms with Gasteiger partial charge in [-0.25, -0.2) is 4.79 Å². The van der Waals surface area contributed by atoms with Crippen molar-refractivity contribution in [1.29, 1.82) is 0 Å². The second-order valence-electron chi connectivity index (χ2n) is 5.20. The predicted octanol–water partition coefficient (Wildman–Crippen LogP) is 4.43. The number of nitro groups is 1. The highest BCUT2D eigenvalue weighted by molar-refractivity contribution is 5.99. The second kappa shape index (κ2) is 7.75. The topological polar surface area (TPSA) is 106 Å².